The van der Waals surface area contributed by atoms with Crippen LogP contribution < -0.4 is 5.32 Å². The molecular weight excluding hydrogens is 648 g/mol. The van der Waals surface area contributed by atoms with E-state index in [1.54, 1.807) is 0 Å². The Morgan fingerprint density at radius 3 is 2.33 bits per heavy atom. The van der Waals surface area contributed by atoms with Gasteiger partial charge >= 0.3 is 11.9 Å². The molecule has 1 amide bonds. The number of likely N-dealkylation sites (tertiary alicyclic amines) is 1. The van der Waals surface area contributed by atoms with E-state index in [0.29, 0.717) is 45.2 Å². The van der Waals surface area contributed by atoms with Gasteiger partial charge in [-0.15, -0.1) is 0 Å². The molecule has 0 aliphatic carbocycles. The van der Waals surface area contributed by atoms with Crippen LogP contribution in [-0.4, -0.2) is 63.8 Å². The largest absolute Gasteiger partial charge is 0.481 e. The van der Waals surface area contributed by atoms with Crippen molar-refractivity contribution < 1.29 is 38.8 Å². The molecule has 0 radical (unpaired) electrons. The number of rotatable bonds is 15. The van der Waals surface area contributed by atoms with Gasteiger partial charge < -0.3 is 29.7 Å². The molecule has 10 heteroatoms. The van der Waals surface area contributed by atoms with E-state index in [4.69, 9.17) is 19.3 Å². The quantitative estimate of drug-likeness (QED) is 0.115. The van der Waals surface area contributed by atoms with E-state index in [-0.39, 0.29) is 43.2 Å². The van der Waals surface area contributed by atoms with Crippen molar-refractivity contribution in [1.29, 1.82) is 0 Å². The first-order chi connectivity index (χ1) is 24.5. The Hall–Kier alpha value is -4.09. The van der Waals surface area contributed by atoms with Crippen molar-refractivity contribution in [2.45, 2.75) is 115 Å². The van der Waals surface area contributed by atoms with Crippen LogP contribution in [0, 0.1) is 0 Å². The zero-order valence-electron chi connectivity index (χ0n) is 30.0. The molecule has 2 aliphatic heterocycles. The second-order valence-electron chi connectivity index (χ2n) is 14.6. The van der Waals surface area contributed by atoms with Gasteiger partial charge in [0.25, 0.3) is 0 Å². The average molecular weight is 701 g/mol. The number of hydrogen-bond acceptors (Lipinski definition) is 8. The molecule has 0 bridgehead atoms. The van der Waals surface area contributed by atoms with Crippen molar-refractivity contribution >= 4 is 17.8 Å². The molecule has 2 heterocycles. The average Bonchev–Trinajstić information content (AvgIpc) is 3.58. The first kappa shape index (κ1) is 38.1. The van der Waals surface area contributed by atoms with Crippen LogP contribution in [0.1, 0.15) is 107 Å². The van der Waals surface area contributed by atoms with Gasteiger partial charge in [0.15, 0.2) is 6.29 Å². The van der Waals surface area contributed by atoms with Crippen LogP contribution in [0.3, 0.4) is 0 Å². The van der Waals surface area contributed by atoms with Crippen LogP contribution in [0.2, 0.25) is 0 Å². The van der Waals surface area contributed by atoms with E-state index in [1.807, 2.05) is 81.4 Å². The number of unbranched alkanes of at least 4 members (excludes halogenated alkanes) is 2. The number of carboxylic acid groups (broad SMARTS) is 1. The number of nitrogens with one attached hydrogen (secondary N) is 1. The van der Waals surface area contributed by atoms with Gasteiger partial charge in [0, 0.05) is 37.9 Å². The lowest BCUT2D eigenvalue weighted by Crippen LogP contribution is -2.45. The predicted molar refractivity (Wildman–Crippen MR) is 193 cm³/mol. The van der Waals surface area contributed by atoms with Gasteiger partial charge in [0.1, 0.15) is 11.6 Å². The summed E-state index contributed by atoms with van der Waals surface area (Å²) in [5.41, 5.74) is 5.11. The highest BCUT2D eigenvalue weighted by Crippen LogP contribution is 2.39. The molecule has 274 valence electrons. The maximum Gasteiger partial charge on any atom is 0.323 e. The summed E-state index contributed by atoms with van der Waals surface area (Å²) in [6.07, 6.45) is 3.63. The van der Waals surface area contributed by atoms with Crippen molar-refractivity contribution in [1.82, 2.24) is 10.2 Å². The SMILES string of the molecule is CC(C)(C)OC(=O)C1CCCN1CC1CC(c2ccc(CO)cc2)OC(c2cccc(-c3cccc(CNC(=O)CCCCCC(=O)O)c3)c2)O1. The molecule has 4 atom stereocenters. The summed E-state index contributed by atoms with van der Waals surface area (Å²) in [6, 6.07) is 23.7. The Balaban J connectivity index is 1.29. The highest BCUT2D eigenvalue weighted by Gasteiger charge is 2.39. The zero-order chi connectivity index (χ0) is 36.4. The fourth-order valence-electron chi connectivity index (χ4n) is 6.73. The number of nitrogens with zero attached hydrogens (tertiary/aromatic N) is 1. The van der Waals surface area contributed by atoms with Gasteiger partial charge in [0.05, 0.1) is 18.8 Å². The first-order valence-corrected chi connectivity index (χ1v) is 18.1. The van der Waals surface area contributed by atoms with E-state index in [2.05, 4.69) is 22.3 Å². The maximum atomic E-state index is 13.1. The van der Waals surface area contributed by atoms with E-state index < -0.39 is 17.9 Å². The van der Waals surface area contributed by atoms with Crippen LogP contribution in [0.4, 0.5) is 0 Å². The molecule has 2 aliphatic rings. The molecule has 51 heavy (non-hydrogen) atoms. The van der Waals surface area contributed by atoms with Crippen LogP contribution in [0.25, 0.3) is 11.1 Å². The Bertz CT molecular complexity index is 1620. The Kier molecular flexibility index (Phi) is 13.4. The van der Waals surface area contributed by atoms with Gasteiger partial charge in [-0.25, -0.2) is 0 Å². The fourth-order valence-corrected chi connectivity index (χ4v) is 6.73. The minimum Gasteiger partial charge on any atom is -0.481 e. The number of ether oxygens (including phenoxy) is 3. The maximum absolute atomic E-state index is 13.1. The number of aliphatic carboxylic acids is 1. The number of carboxylic acids is 1. The number of carbonyl (C=O) groups is 3. The first-order valence-electron chi connectivity index (χ1n) is 18.1. The number of amides is 1. The van der Waals surface area contributed by atoms with Gasteiger partial charge in [-0.1, -0.05) is 67.1 Å². The molecule has 4 unspecified atom stereocenters. The van der Waals surface area contributed by atoms with E-state index >= 15 is 0 Å². The highest BCUT2D eigenvalue weighted by atomic mass is 16.7. The molecule has 0 aromatic heterocycles. The predicted octanol–water partition coefficient (Wildman–Crippen LogP) is 6.85. The van der Waals surface area contributed by atoms with E-state index in [0.717, 1.165) is 52.8 Å². The van der Waals surface area contributed by atoms with Crippen molar-refractivity contribution in [2.75, 3.05) is 13.1 Å². The number of hydrogen-bond donors (Lipinski definition) is 3. The minimum atomic E-state index is -0.811. The summed E-state index contributed by atoms with van der Waals surface area (Å²) in [5.74, 6) is -1.05. The van der Waals surface area contributed by atoms with Crippen molar-refractivity contribution in [3.8, 4) is 11.1 Å². The summed E-state index contributed by atoms with van der Waals surface area (Å²) in [7, 11) is 0. The lowest BCUT2D eigenvalue weighted by atomic mass is 9.98. The number of esters is 1. The molecule has 2 fully saturated rings. The summed E-state index contributed by atoms with van der Waals surface area (Å²) < 4.78 is 19.1. The van der Waals surface area contributed by atoms with Crippen LogP contribution >= 0.6 is 0 Å². The van der Waals surface area contributed by atoms with Crippen molar-refractivity contribution in [3.63, 3.8) is 0 Å². The number of carbonyl (C=O) groups excluding carboxylic acids is 2. The molecule has 3 aromatic rings. The molecule has 0 saturated carbocycles. The standard InChI is InChI=1S/C41H52N2O8/c1-41(2,3)51-39(48)35-14-9-21-43(35)26-34-24-36(30-19-17-28(27-44)18-20-30)50-40(49-34)33-13-8-12-32(23-33)31-11-7-10-29(22-31)25-42-37(45)15-5-4-6-16-38(46)47/h7-8,10-13,17-20,22-23,34-36,40,44H,4-6,9,14-16,21,24-27H2,1-3H3,(H,42,45)(H,46,47). The highest BCUT2D eigenvalue weighted by molar-refractivity contribution is 5.77. The third-order valence-electron chi connectivity index (χ3n) is 9.30. The summed E-state index contributed by atoms with van der Waals surface area (Å²) >= 11 is 0. The Labute approximate surface area is 301 Å². The lowest BCUT2D eigenvalue weighted by Gasteiger charge is -2.38. The Morgan fingerprint density at radius 2 is 1.61 bits per heavy atom. The summed E-state index contributed by atoms with van der Waals surface area (Å²) in [6.45, 7) is 7.41. The molecule has 10 nitrogen and oxygen atoms in total. The van der Waals surface area contributed by atoms with Crippen LogP contribution in [0.5, 0.6) is 0 Å². The molecule has 3 N–H and O–H groups in total. The van der Waals surface area contributed by atoms with Gasteiger partial charge in [-0.05, 0) is 92.9 Å². The number of benzene rings is 3. The summed E-state index contributed by atoms with van der Waals surface area (Å²) in [4.78, 5) is 38.4. The Morgan fingerprint density at radius 1 is 0.882 bits per heavy atom. The summed E-state index contributed by atoms with van der Waals surface area (Å²) in [5, 5.41) is 21.4. The van der Waals surface area contributed by atoms with E-state index in [9.17, 15) is 19.5 Å². The molecule has 0 spiro atoms. The minimum absolute atomic E-state index is 0.0300. The van der Waals surface area contributed by atoms with Gasteiger partial charge in [0.2, 0.25) is 5.91 Å². The number of aliphatic hydroxyl groups is 1. The third-order valence-corrected chi connectivity index (χ3v) is 9.30. The fraction of sp³-hybridized carbons (Fsp3) is 0.488. The smallest absolute Gasteiger partial charge is 0.323 e. The zero-order valence-corrected chi connectivity index (χ0v) is 30.0. The van der Waals surface area contributed by atoms with Crippen LogP contribution in [0.15, 0.2) is 72.8 Å². The lowest BCUT2D eigenvalue weighted by molar-refractivity contribution is -0.253. The molecule has 5 rings (SSSR count). The second-order valence-corrected chi connectivity index (χ2v) is 14.6. The second kappa shape index (κ2) is 17.9. The normalized spacial score (nSPS) is 20.9. The topological polar surface area (TPSA) is 135 Å². The third kappa shape index (κ3) is 11.5. The van der Waals surface area contributed by atoms with Crippen molar-refractivity contribution in [3.05, 3.63) is 95.1 Å². The number of aliphatic hydroxyl groups excluding tert-OH is 1. The monoisotopic (exact) mass is 700 g/mol. The van der Waals surface area contributed by atoms with E-state index in [1.165, 1.54) is 0 Å². The van der Waals surface area contributed by atoms with Crippen LogP contribution in [-0.2, 0) is 41.7 Å². The van der Waals surface area contributed by atoms with Gasteiger partial charge in [-0.2, -0.15) is 0 Å². The molecular formula is C41H52N2O8. The van der Waals surface area contributed by atoms with Crippen molar-refractivity contribution in [2.24, 2.45) is 0 Å². The molecule has 3 aromatic carbocycles. The van der Waals surface area contributed by atoms with Gasteiger partial charge in [-0.3, -0.25) is 19.3 Å². The molecule has 2 saturated heterocycles.